The number of anilines is 1. The van der Waals surface area contributed by atoms with Crippen LogP contribution in [0.5, 0.6) is 0 Å². The first-order valence-electron chi connectivity index (χ1n) is 8.56. The van der Waals surface area contributed by atoms with Gasteiger partial charge in [-0.05, 0) is 19.4 Å². The zero-order chi connectivity index (χ0) is 18.0. The fraction of sp³-hybridized carbons (Fsp3) is 0.529. The predicted octanol–water partition coefficient (Wildman–Crippen LogP) is 2.73. The highest BCUT2D eigenvalue weighted by molar-refractivity contribution is 5.67. The third-order valence-corrected chi connectivity index (χ3v) is 4.75. The van der Waals surface area contributed by atoms with Gasteiger partial charge in [0.15, 0.2) is 5.82 Å². The van der Waals surface area contributed by atoms with Crippen LogP contribution in [0.4, 0.5) is 11.4 Å². The molecule has 1 unspecified atom stereocenters. The molecule has 134 valence electrons. The van der Waals surface area contributed by atoms with Gasteiger partial charge in [0.05, 0.1) is 11.0 Å². The summed E-state index contributed by atoms with van der Waals surface area (Å²) in [5.41, 5.74) is 1.83. The summed E-state index contributed by atoms with van der Waals surface area (Å²) < 4.78 is 5.35. The van der Waals surface area contributed by atoms with Gasteiger partial charge in [0.25, 0.3) is 5.69 Å². The maximum atomic E-state index is 11.3. The van der Waals surface area contributed by atoms with Crippen molar-refractivity contribution in [2.45, 2.75) is 33.2 Å². The van der Waals surface area contributed by atoms with Gasteiger partial charge in [-0.25, -0.2) is 0 Å². The number of para-hydroxylation sites is 1. The molecule has 0 N–H and O–H groups in total. The van der Waals surface area contributed by atoms with Gasteiger partial charge in [-0.1, -0.05) is 24.2 Å². The average molecular weight is 345 g/mol. The number of nitro groups is 1. The third kappa shape index (κ3) is 3.48. The van der Waals surface area contributed by atoms with Crippen molar-refractivity contribution in [3.05, 3.63) is 45.6 Å². The Morgan fingerprint density at radius 1 is 1.32 bits per heavy atom. The largest absolute Gasteiger partial charge is 0.363 e. The van der Waals surface area contributed by atoms with Gasteiger partial charge in [0.1, 0.15) is 5.69 Å². The molecule has 0 aliphatic carbocycles. The van der Waals surface area contributed by atoms with Crippen LogP contribution in [0.1, 0.15) is 37.2 Å². The minimum absolute atomic E-state index is 0.0433. The quantitative estimate of drug-likeness (QED) is 0.608. The molecule has 0 saturated carbocycles. The molecule has 1 saturated heterocycles. The van der Waals surface area contributed by atoms with E-state index in [1.54, 1.807) is 12.1 Å². The van der Waals surface area contributed by atoms with Gasteiger partial charge in [-0.15, -0.1) is 0 Å². The molecule has 3 rings (SSSR count). The minimum atomic E-state index is -0.304. The highest BCUT2D eigenvalue weighted by atomic mass is 16.6. The molecule has 25 heavy (non-hydrogen) atoms. The van der Waals surface area contributed by atoms with E-state index in [1.807, 2.05) is 19.9 Å². The van der Waals surface area contributed by atoms with Crippen LogP contribution in [0.15, 0.2) is 22.7 Å². The first-order chi connectivity index (χ1) is 12.0. The lowest BCUT2D eigenvalue weighted by Crippen LogP contribution is -2.47. The Balaban J connectivity index is 1.71. The van der Waals surface area contributed by atoms with Gasteiger partial charge in [0, 0.05) is 38.7 Å². The Morgan fingerprint density at radius 3 is 2.64 bits per heavy atom. The van der Waals surface area contributed by atoms with Gasteiger partial charge in [-0.2, -0.15) is 4.98 Å². The summed E-state index contributed by atoms with van der Waals surface area (Å²) in [6.07, 6.45) is 0.751. The van der Waals surface area contributed by atoms with Gasteiger partial charge >= 0.3 is 0 Å². The van der Waals surface area contributed by atoms with E-state index in [2.05, 4.69) is 26.9 Å². The lowest BCUT2D eigenvalue weighted by molar-refractivity contribution is -0.384. The highest BCUT2D eigenvalue weighted by Gasteiger charge is 2.29. The number of aromatic nitrogens is 2. The maximum Gasteiger partial charge on any atom is 0.292 e. The fourth-order valence-corrected chi connectivity index (χ4v) is 3.27. The predicted molar refractivity (Wildman–Crippen MR) is 93.7 cm³/mol. The molecule has 1 aliphatic heterocycles. The molecule has 2 aromatic rings. The van der Waals surface area contributed by atoms with Crippen LogP contribution in [0.3, 0.4) is 0 Å². The highest BCUT2D eigenvalue weighted by Crippen LogP contribution is 2.33. The van der Waals surface area contributed by atoms with Crippen LogP contribution in [0, 0.1) is 17.0 Å². The van der Waals surface area contributed by atoms with E-state index in [1.165, 1.54) is 0 Å². The van der Waals surface area contributed by atoms with Crippen molar-refractivity contribution in [1.29, 1.82) is 0 Å². The molecule has 1 fully saturated rings. The SMILES string of the molecule is CCc1noc(C(C)N2CCN(c3c(C)cccc3[N+](=O)[O-])CC2)n1. The molecular weight excluding hydrogens is 322 g/mol. The number of hydrogen-bond acceptors (Lipinski definition) is 7. The first-order valence-corrected chi connectivity index (χ1v) is 8.56. The molecule has 0 bridgehead atoms. The summed E-state index contributed by atoms with van der Waals surface area (Å²) in [5.74, 6) is 1.35. The van der Waals surface area contributed by atoms with Crippen LogP contribution < -0.4 is 4.90 Å². The van der Waals surface area contributed by atoms with E-state index in [4.69, 9.17) is 4.52 Å². The zero-order valence-electron chi connectivity index (χ0n) is 14.8. The van der Waals surface area contributed by atoms with E-state index in [9.17, 15) is 10.1 Å². The van der Waals surface area contributed by atoms with Crippen LogP contribution in [-0.4, -0.2) is 46.1 Å². The van der Waals surface area contributed by atoms with Crippen molar-refractivity contribution in [2.24, 2.45) is 0 Å². The van der Waals surface area contributed by atoms with Crippen molar-refractivity contribution in [1.82, 2.24) is 15.0 Å². The Hall–Kier alpha value is -2.48. The van der Waals surface area contributed by atoms with Crippen molar-refractivity contribution in [2.75, 3.05) is 31.1 Å². The topological polar surface area (TPSA) is 88.5 Å². The maximum absolute atomic E-state index is 11.3. The summed E-state index contributed by atoms with van der Waals surface area (Å²) in [4.78, 5) is 19.8. The molecule has 8 heteroatoms. The standard InChI is InChI=1S/C17H23N5O3/c1-4-15-18-17(25-19-15)13(3)20-8-10-21(11-9-20)16-12(2)6-5-7-14(16)22(23)24/h5-7,13H,4,8-11H2,1-3H3. The average Bonchev–Trinajstić information content (AvgIpc) is 3.10. The normalized spacial score (nSPS) is 16.8. The number of aryl methyl sites for hydroxylation is 2. The second kappa shape index (κ2) is 7.18. The Morgan fingerprint density at radius 2 is 2.04 bits per heavy atom. The van der Waals surface area contributed by atoms with Crippen molar-refractivity contribution < 1.29 is 9.45 Å². The molecular formula is C17H23N5O3. The van der Waals surface area contributed by atoms with Crippen molar-refractivity contribution in [3.63, 3.8) is 0 Å². The van der Waals surface area contributed by atoms with Crippen LogP contribution in [0.2, 0.25) is 0 Å². The van der Waals surface area contributed by atoms with E-state index < -0.39 is 0 Å². The molecule has 1 aliphatic rings. The smallest absolute Gasteiger partial charge is 0.292 e. The molecule has 8 nitrogen and oxygen atoms in total. The molecule has 0 amide bonds. The minimum Gasteiger partial charge on any atom is -0.363 e. The lowest BCUT2D eigenvalue weighted by Gasteiger charge is -2.38. The molecule has 1 aromatic heterocycles. The van der Waals surface area contributed by atoms with Crippen LogP contribution in [-0.2, 0) is 6.42 Å². The van der Waals surface area contributed by atoms with Crippen molar-refractivity contribution >= 4 is 11.4 Å². The Bertz CT molecular complexity index is 752. The fourth-order valence-electron chi connectivity index (χ4n) is 3.27. The first kappa shape index (κ1) is 17.3. The van der Waals surface area contributed by atoms with Gasteiger partial charge in [-0.3, -0.25) is 15.0 Å². The number of piperazine rings is 1. The summed E-state index contributed by atoms with van der Waals surface area (Å²) in [7, 11) is 0. The number of nitro benzene ring substituents is 1. The van der Waals surface area contributed by atoms with Crippen LogP contribution in [0.25, 0.3) is 0 Å². The summed E-state index contributed by atoms with van der Waals surface area (Å²) in [6, 6.07) is 5.27. The van der Waals surface area contributed by atoms with E-state index >= 15 is 0 Å². The monoisotopic (exact) mass is 345 g/mol. The second-order valence-electron chi connectivity index (χ2n) is 6.30. The Labute approximate surface area is 146 Å². The van der Waals surface area contributed by atoms with E-state index in [0.29, 0.717) is 5.89 Å². The number of nitrogens with zero attached hydrogens (tertiary/aromatic N) is 5. The molecule has 0 radical (unpaired) electrons. The summed E-state index contributed by atoms with van der Waals surface area (Å²) in [5, 5.41) is 15.3. The molecule has 1 atom stereocenters. The van der Waals surface area contributed by atoms with E-state index in [-0.39, 0.29) is 16.7 Å². The lowest BCUT2D eigenvalue weighted by atomic mass is 10.1. The van der Waals surface area contributed by atoms with Gasteiger partial charge < -0.3 is 9.42 Å². The molecule has 0 spiro atoms. The number of hydrogen-bond donors (Lipinski definition) is 0. The second-order valence-corrected chi connectivity index (χ2v) is 6.30. The van der Waals surface area contributed by atoms with Gasteiger partial charge in [0.2, 0.25) is 5.89 Å². The summed E-state index contributed by atoms with van der Waals surface area (Å²) in [6.45, 7) is 9.00. The molecule has 2 heterocycles. The summed E-state index contributed by atoms with van der Waals surface area (Å²) >= 11 is 0. The van der Waals surface area contributed by atoms with Crippen molar-refractivity contribution in [3.8, 4) is 0 Å². The Kier molecular flexibility index (Phi) is 4.98. The number of benzene rings is 1. The molecule has 1 aromatic carbocycles. The van der Waals surface area contributed by atoms with Crippen LogP contribution >= 0.6 is 0 Å². The zero-order valence-corrected chi connectivity index (χ0v) is 14.8. The van der Waals surface area contributed by atoms with E-state index in [0.717, 1.165) is 49.7 Å². The third-order valence-electron chi connectivity index (χ3n) is 4.75. The number of rotatable bonds is 5.